The van der Waals surface area contributed by atoms with Gasteiger partial charge in [0.05, 0.1) is 0 Å². The molecule has 0 bridgehead atoms. The van der Waals surface area contributed by atoms with E-state index in [0.29, 0.717) is 5.92 Å². The van der Waals surface area contributed by atoms with Gasteiger partial charge in [0.15, 0.2) is 0 Å². The number of amides is 2. The van der Waals surface area contributed by atoms with Crippen LogP contribution < -0.4 is 0 Å². The second-order valence-electron chi connectivity index (χ2n) is 6.56. The Bertz CT molecular complexity index is 438. The van der Waals surface area contributed by atoms with Gasteiger partial charge in [0.2, 0.25) is 11.8 Å². The molecule has 116 valence electrons. The first-order valence-corrected chi connectivity index (χ1v) is 8.54. The van der Waals surface area contributed by atoms with Gasteiger partial charge in [0.1, 0.15) is 6.42 Å². The lowest BCUT2D eigenvalue weighted by Crippen LogP contribution is -2.43. The van der Waals surface area contributed by atoms with Crippen LogP contribution in [0.15, 0.2) is 11.8 Å². The van der Waals surface area contributed by atoms with Crippen molar-refractivity contribution < 1.29 is 9.59 Å². The van der Waals surface area contributed by atoms with Crippen LogP contribution >= 0.6 is 0 Å². The maximum Gasteiger partial charge on any atom is 0.236 e. The summed E-state index contributed by atoms with van der Waals surface area (Å²) < 4.78 is 0. The fraction of sp³-hybridized carbons (Fsp3) is 0.765. The highest BCUT2D eigenvalue weighted by atomic mass is 16.2. The molecule has 3 aliphatic rings. The number of nitrogens with zero attached hydrogens (tertiary/aromatic N) is 2. The summed E-state index contributed by atoms with van der Waals surface area (Å²) in [5, 5.41) is 0. The quantitative estimate of drug-likeness (QED) is 0.734. The minimum atomic E-state index is 0.0171. The monoisotopic (exact) mass is 290 g/mol. The van der Waals surface area contributed by atoms with Gasteiger partial charge in [-0.15, -0.1) is 0 Å². The molecule has 4 heteroatoms. The SMILES string of the molecule is O=C(CC(=O)N1CCCC2CCCC=C21)N1CCCCC1. The molecule has 0 aromatic heterocycles. The van der Waals surface area contributed by atoms with Crippen molar-refractivity contribution >= 4 is 11.8 Å². The Morgan fingerprint density at radius 1 is 0.952 bits per heavy atom. The lowest BCUT2D eigenvalue weighted by atomic mass is 9.85. The number of carbonyl (C=O) groups excluding carboxylic acids is 2. The lowest BCUT2D eigenvalue weighted by molar-refractivity contribution is -0.140. The van der Waals surface area contributed by atoms with E-state index in [1.165, 1.54) is 31.4 Å². The van der Waals surface area contributed by atoms with Crippen LogP contribution in [-0.2, 0) is 9.59 Å². The van der Waals surface area contributed by atoms with Gasteiger partial charge in [-0.2, -0.15) is 0 Å². The highest BCUT2D eigenvalue weighted by molar-refractivity contribution is 5.97. The molecule has 2 aliphatic heterocycles. The zero-order valence-corrected chi connectivity index (χ0v) is 12.9. The number of allylic oxidation sites excluding steroid dienone is 2. The summed E-state index contributed by atoms with van der Waals surface area (Å²) in [6, 6.07) is 0. The third-order valence-corrected chi connectivity index (χ3v) is 5.09. The first-order valence-electron chi connectivity index (χ1n) is 8.54. The summed E-state index contributed by atoms with van der Waals surface area (Å²) >= 11 is 0. The Balaban J connectivity index is 1.61. The van der Waals surface area contributed by atoms with Crippen molar-refractivity contribution in [1.82, 2.24) is 9.80 Å². The standard InChI is InChI=1S/C17H26N2O2/c20-16(18-10-4-1-5-11-18)13-17(21)19-12-6-8-14-7-2-3-9-15(14)19/h9,14H,1-8,10-13H2. The van der Waals surface area contributed by atoms with Gasteiger partial charge in [-0.1, -0.05) is 6.08 Å². The average Bonchev–Trinajstić information content (AvgIpc) is 2.55. The van der Waals surface area contributed by atoms with Crippen molar-refractivity contribution in [2.45, 2.75) is 57.8 Å². The average molecular weight is 290 g/mol. The van der Waals surface area contributed by atoms with Crippen molar-refractivity contribution in [2.75, 3.05) is 19.6 Å². The predicted octanol–water partition coefficient (Wildman–Crippen LogP) is 2.70. The molecule has 2 fully saturated rings. The molecule has 0 aromatic carbocycles. The molecule has 21 heavy (non-hydrogen) atoms. The van der Waals surface area contributed by atoms with Crippen LogP contribution in [0.25, 0.3) is 0 Å². The predicted molar refractivity (Wildman–Crippen MR) is 81.4 cm³/mol. The van der Waals surface area contributed by atoms with E-state index in [-0.39, 0.29) is 18.2 Å². The van der Waals surface area contributed by atoms with Gasteiger partial charge in [0.25, 0.3) is 0 Å². The summed E-state index contributed by atoms with van der Waals surface area (Å²) in [5.41, 5.74) is 1.21. The van der Waals surface area contributed by atoms with Crippen molar-refractivity contribution in [1.29, 1.82) is 0 Å². The molecule has 0 N–H and O–H groups in total. The number of hydrogen-bond acceptors (Lipinski definition) is 2. The summed E-state index contributed by atoms with van der Waals surface area (Å²) in [4.78, 5) is 28.6. The zero-order valence-electron chi connectivity index (χ0n) is 12.9. The second kappa shape index (κ2) is 6.63. The number of carbonyl (C=O) groups is 2. The molecule has 2 saturated heterocycles. The van der Waals surface area contributed by atoms with Gasteiger partial charge >= 0.3 is 0 Å². The smallest absolute Gasteiger partial charge is 0.236 e. The van der Waals surface area contributed by atoms with Gasteiger partial charge < -0.3 is 9.80 Å². The molecule has 4 nitrogen and oxygen atoms in total. The van der Waals surface area contributed by atoms with Crippen molar-refractivity contribution in [3.8, 4) is 0 Å². The van der Waals surface area contributed by atoms with Gasteiger partial charge in [-0.25, -0.2) is 0 Å². The molecule has 2 amide bonds. The number of rotatable bonds is 2. The van der Waals surface area contributed by atoms with Crippen LogP contribution in [0.1, 0.15) is 57.8 Å². The Morgan fingerprint density at radius 3 is 2.52 bits per heavy atom. The minimum absolute atomic E-state index is 0.0171. The van der Waals surface area contributed by atoms with Gasteiger partial charge in [-0.05, 0) is 57.3 Å². The molecule has 1 aliphatic carbocycles. The number of piperidine rings is 2. The summed E-state index contributed by atoms with van der Waals surface area (Å²) in [6.45, 7) is 2.46. The second-order valence-corrected chi connectivity index (χ2v) is 6.56. The Morgan fingerprint density at radius 2 is 1.71 bits per heavy atom. The van der Waals surface area contributed by atoms with E-state index in [4.69, 9.17) is 0 Å². The molecular formula is C17H26N2O2. The van der Waals surface area contributed by atoms with Gasteiger partial charge in [0, 0.05) is 25.3 Å². The molecule has 1 unspecified atom stereocenters. The van der Waals surface area contributed by atoms with Crippen LogP contribution in [0, 0.1) is 5.92 Å². The van der Waals surface area contributed by atoms with E-state index in [1.807, 2.05) is 9.80 Å². The maximum atomic E-state index is 12.5. The molecule has 0 radical (unpaired) electrons. The highest BCUT2D eigenvalue weighted by Crippen LogP contribution is 2.35. The molecule has 0 spiro atoms. The van der Waals surface area contributed by atoms with Crippen LogP contribution in [-0.4, -0.2) is 41.2 Å². The van der Waals surface area contributed by atoms with Crippen LogP contribution in [0.5, 0.6) is 0 Å². The normalized spacial score (nSPS) is 26.1. The topological polar surface area (TPSA) is 40.6 Å². The molecular weight excluding hydrogens is 264 g/mol. The Hall–Kier alpha value is -1.32. The maximum absolute atomic E-state index is 12.5. The summed E-state index contributed by atoms with van der Waals surface area (Å²) in [6.07, 6.45) is 11.5. The highest BCUT2D eigenvalue weighted by Gasteiger charge is 2.31. The fourth-order valence-electron chi connectivity index (χ4n) is 3.93. The third kappa shape index (κ3) is 3.30. The molecule has 0 saturated carbocycles. The van der Waals surface area contributed by atoms with Crippen molar-refractivity contribution in [2.24, 2.45) is 5.92 Å². The van der Waals surface area contributed by atoms with E-state index in [9.17, 15) is 9.59 Å². The van der Waals surface area contributed by atoms with Crippen molar-refractivity contribution in [3.63, 3.8) is 0 Å². The molecule has 0 aromatic rings. The van der Waals surface area contributed by atoms with Crippen LogP contribution in [0.2, 0.25) is 0 Å². The molecule has 1 atom stereocenters. The number of fused-ring (bicyclic) bond motifs is 1. The minimum Gasteiger partial charge on any atom is -0.342 e. The molecule has 3 rings (SSSR count). The number of hydrogen-bond donors (Lipinski definition) is 0. The van der Waals surface area contributed by atoms with Crippen molar-refractivity contribution in [3.05, 3.63) is 11.8 Å². The lowest BCUT2D eigenvalue weighted by Gasteiger charge is -2.38. The van der Waals surface area contributed by atoms with E-state index in [2.05, 4.69) is 6.08 Å². The third-order valence-electron chi connectivity index (χ3n) is 5.09. The Labute approximate surface area is 127 Å². The zero-order chi connectivity index (χ0) is 14.7. The number of likely N-dealkylation sites (tertiary alicyclic amines) is 2. The van der Waals surface area contributed by atoms with E-state index < -0.39 is 0 Å². The molecule has 2 heterocycles. The van der Waals surface area contributed by atoms with E-state index >= 15 is 0 Å². The van der Waals surface area contributed by atoms with E-state index in [0.717, 1.165) is 45.3 Å². The van der Waals surface area contributed by atoms with E-state index in [1.54, 1.807) is 0 Å². The largest absolute Gasteiger partial charge is 0.342 e. The fourth-order valence-corrected chi connectivity index (χ4v) is 3.93. The first-order chi connectivity index (χ1) is 10.3. The van der Waals surface area contributed by atoms with Crippen LogP contribution in [0.4, 0.5) is 0 Å². The summed E-state index contributed by atoms with van der Waals surface area (Å²) in [5.74, 6) is 0.600. The van der Waals surface area contributed by atoms with Crippen LogP contribution in [0.3, 0.4) is 0 Å². The first kappa shape index (κ1) is 14.6. The van der Waals surface area contributed by atoms with Gasteiger partial charge in [-0.3, -0.25) is 9.59 Å². The Kier molecular flexibility index (Phi) is 4.61. The summed E-state index contributed by atoms with van der Waals surface area (Å²) in [7, 11) is 0.